The van der Waals surface area contributed by atoms with E-state index >= 15 is 0 Å². The summed E-state index contributed by atoms with van der Waals surface area (Å²) in [5.41, 5.74) is 0. The highest BCUT2D eigenvalue weighted by Gasteiger charge is 2.47. The highest BCUT2D eigenvalue weighted by molar-refractivity contribution is 6.76. The molecular weight excluding hydrogens is 477 g/mol. The first-order chi connectivity index (χ1) is 11.1. The SMILES string of the molecule is O=C(O)[C@H](OC(=O)C(Cl)(Cl)Cl)[C@@H](OC(=O)C(Cl)(Cl)Cl)[C@H](O)[C@H](O)CO. The van der Waals surface area contributed by atoms with Crippen molar-refractivity contribution in [1.82, 2.24) is 0 Å². The molecule has 0 heterocycles. The summed E-state index contributed by atoms with van der Waals surface area (Å²) in [7, 11) is 0. The summed E-state index contributed by atoms with van der Waals surface area (Å²) < 4.78 is 3.45. The summed E-state index contributed by atoms with van der Waals surface area (Å²) in [6, 6.07) is 0. The summed E-state index contributed by atoms with van der Waals surface area (Å²) in [5.74, 6) is -5.36. The monoisotopic (exact) mass is 484 g/mol. The van der Waals surface area contributed by atoms with Gasteiger partial charge in [0.25, 0.3) is 7.59 Å². The van der Waals surface area contributed by atoms with Crippen molar-refractivity contribution in [1.29, 1.82) is 0 Å². The molecule has 4 atom stereocenters. The number of hydrogen-bond acceptors (Lipinski definition) is 8. The van der Waals surface area contributed by atoms with Gasteiger partial charge in [-0.15, -0.1) is 0 Å². The third-order valence-corrected chi connectivity index (χ3v) is 3.33. The van der Waals surface area contributed by atoms with Gasteiger partial charge in [0.1, 0.15) is 12.2 Å². The quantitative estimate of drug-likeness (QED) is 0.295. The molecule has 25 heavy (non-hydrogen) atoms. The number of aliphatic hydroxyl groups is 3. The number of hydrogen-bond donors (Lipinski definition) is 4. The summed E-state index contributed by atoms with van der Waals surface area (Å²) in [6.45, 7) is -1.09. The van der Waals surface area contributed by atoms with E-state index in [2.05, 4.69) is 9.47 Å². The number of halogens is 6. The number of aliphatic carboxylic acids is 1. The third-order valence-electron chi connectivity index (χ3n) is 2.40. The second-order valence-corrected chi connectivity index (χ2v) is 8.83. The van der Waals surface area contributed by atoms with E-state index in [4.69, 9.17) is 79.8 Å². The van der Waals surface area contributed by atoms with Crippen LogP contribution in [0.2, 0.25) is 0 Å². The third kappa shape index (κ3) is 8.06. The van der Waals surface area contributed by atoms with Crippen molar-refractivity contribution in [2.24, 2.45) is 0 Å². The van der Waals surface area contributed by atoms with Crippen molar-refractivity contribution in [3.05, 3.63) is 0 Å². The molecule has 0 aromatic carbocycles. The van der Waals surface area contributed by atoms with Crippen LogP contribution in [0, 0.1) is 0 Å². The van der Waals surface area contributed by atoms with Crippen LogP contribution in [-0.2, 0) is 23.9 Å². The number of ether oxygens (including phenoxy) is 2. The Labute approximate surface area is 170 Å². The molecule has 0 aliphatic heterocycles. The van der Waals surface area contributed by atoms with Crippen LogP contribution in [0.3, 0.4) is 0 Å². The lowest BCUT2D eigenvalue weighted by atomic mass is 10.0. The predicted molar refractivity (Wildman–Crippen MR) is 87.1 cm³/mol. The average Bonchev–Trinajstić information content (AvgIpc) is 2.46. The van der Waals surface area contributed by atoms with Crippen molar-refractivity contribution < 1.29 is 44.3 Å². The average molecular weight is 487 g/mol. The minimum Gasteiger partial charge on any atom is -0.478 e. The van der Waals surface area contributed by atoms with Crippen LogP contribution in [0.25, 0.3) is 0 Å². The first-order valence-electron chi connectivity index (χ1n) is 5.88. The van der Waals surface area contributed by atoms with Crippen LogP contribution >= 0.6 is 69.6 Å². The molecule has 0 saturated carbocycles. The van der Waals surface area contributed by atoms with Crippen LogP contribution in [-0.4, -0.2) is 76.9 Å². The number of carbonyl (C=O) groups excluding carboxylic acids is 2. The second kappa shape index (κ2) is 9.82. The fourth-order valence-electron chi connectivity index (χ4n) is 1.27. The fraction of sp³-hybridized carbons (Fsp3) is 0.700. The molecule has 0 aliphatic rings. The molecule has 9 nitrogen and oxygen atoms in total. The van der Waals surface area contributed by atoms with Crippen LogP contribution in [0.4, 0.5) is 0 Å². The van der Waals surface area contributed by atoms with Crippen LogP contribution in [0.1, 0.15) is 0 Å². The maximum absolute atomic E-state index is 11.6. The van der Waals surface area contributed by atoms with E-state index in [1.165, 1.54) is 0 Å². The zero-order chi connectivity index (χ0) is 20.2. The molecular formula is C10H10Cl6O9. The lowest BCUT2D eigenvalue weighted by Crippen LogP contribution is -2.54. The highest BCUT2D eigenvalue weighted by Crippen LogP contribution is 2.31. The lowest BCUT2D eigenvalue weighted by Gasteiger charge is -2.31. The molecule has 0 aliphatic carbocycles. The van der Waals surface area contributed by atoms with Gasteiger partial charge in [0.05, 0.1) is 6.61 Å². The Hall–Kier alpha value is 0.0300. The molecule has 0 bridgehead atoms. The Morgan fingerprint density at radius 3 is 1.60 bits per heavy atom. The Kier molecular flexibility index (Phi) is 9.83. The first kappa shape index (κ1) is 25.0. The van der Waals surface area contributed by atoms with E-state index in [0.717, 1.165) is 0 Å². The van der Waals surface area contributed by atoms with Crippen LogP contribution < -0.4 is 0 Å². The van der Waals surface area contributed by atoms with Gasteiger partial charge in [-0.05, 0) is 0 Å². The Bertz CT molecular complexity index is 502. The number of alkyl halides is 6. The molecule has 0 aromatic rings. The van der Waals surface area contributed by atoms with Crippen molar-refractivity contribution in [2.75, 3.05) is 6.61 Å². The maximum atomic E-state index is 11.6. The zero-order valence-electron chi connectivity index (χ0n) is 11.6. The number of aliphatic hydroxyl groups excluding tert-OH is 3. The fourth-order valence-corrected chi connectivity index (χ4v) is 1.54. The van der Waals surface area contributed by atoms with Crippen molar-refractivity contribution >= 4 is 87.5 Å². The van der Waals surface area contributed by atoms with Gasteiger partial charge in [-0.3, -0.25) is 0 Å². The highest BCUT2D eigenvalue weighted by atomic mass is 35.6. The Balaban J connectivity index is 5.74. The molecule has 0 amide bonds. The standard InChI is InChI=1S/C10H10Cl6O9/c11-9(12,13)7(22)24-4(3(19)2(18)1-17)5(6(20)21)25-8(23)10(14,15)16/h2-5,17-19H,1H2,(H,20,21)/t2-,3-,4+,5-/m1/s1. The van der Waals surface area contributed by atoms with E-state index in [0.29, 0.717) is 0 Å². The number of rotatable bonds is 7. The van der Waals surface area contributed by atoms with Crippen molar-refractivity contribution in [3.8, 4) is 0 Å². The minimum atomic E-state index is -2.71. The van der Waals surface area contributed by atoms with Gasteiger partial charge >= 0.3 is 17.9 Å². The molecule has 0 rings (SSSR count). The second-order valence-electron chi connectivity index (χ2n) is 4.27. The largest absolute Gasteiger partial charge is 0.478 e. The Morgan fingerprint density at radius 2 is 1.28 bits per heavy atom. The van der Waals surface area contributed by atoms with E-state index < -0.39 is 56.5 Å². The van der Waals surface area contributed by atoms with Gasteiger partial charge in [0.2, 0.25) is 6.10 Å². The maximum Gasteiger partial charge on any atom is 0.359 e. The molecule has 15 heteroatoms. The molecule has 4 N–H and O–H groups in total. The molecule has 0 spiro atoms. The van der Waals surface area contributed by atoms with E-state index in [1.54, 1.807) is 0 Å². The van der Waals surface area contributed by atoms with Crippen molar-refractivity contribution in [3.63, 3.8) is 0 Å². The minimum absolute atomic E-state index is 1.09. The number of carbonyl (C=O) groups is 3. The lowest BCUT2D eigenvalue weighted by molar-refractivity contribution is -0.193. The molecule has 146 valence electrons. The Morgan fingerprint density at radius 1 is 0.880 bits per heavy atom. The summed E-state index contributed by atoms with van der Waals surface area (Å²) >= 11 is 31.4. The van der Waals surface area contributed by atoms with Gasteiger partial charge in [0.15, 0.2) is 6.10 Å². The van der Waals surface area contributed by atoms with E-state index in [9.17, 15) is 24.6 Å². The molecule has 0 unspecified atom stereocenters. The van der Waals surface area contributed by atoms with Gasteiger partial charge < -0.3 is 29.9 Å². The number of esters is 2. The van der Waals surface area contributed by atoms with Gasteiger partial charge in [0, 0.05) is 0 Å². The van der Waals surface area contributed by atoms with Gasteiger partial charge in [-0.1, -0.05) is 69.6 Å². The van der Waals surface area contributed by atoms with Crippen molar-refractivity contribution in [2.45, 2.75) is 32.0 Å². The number of carboxylic acids is 1. The predicted octanol–water partition coefficient (Wildman–Crippen LogP) is 0.349. The smallest absolute Gasteiger partial charge is 0.359 e. The summed E-state index contributed by atoms with van der Waals surface area (Å²) in [6.07, 6.45) is -9.14. The molecule has 0 radical (unpaired) electrons. The van der Waals surface area contributed by atoms with E-state index in [1.807, 2.05) is 0 Å². The zero-order valence-corrected chi connectivity index (χ0v) is 16.1. The summed E-state index contributed by atoms with van der Waals surface area (Å²) in [5, 5.41) is 37.3. The molecule has 0 aromatic heterocycles. The summed E-state index contributed by atoms with van der Waals surface area (Å²) in [4.78, 5) is 34.4. The number of carboxylic acid groups (broad SMARTS) is 1. The van der Waals surface area contributed by atoms with Gasteiger partial charge in [-0.2, -0.15) is 0 Å². The molecule has 0 saturated heterocycles. The van der Waals surface area contributed by atoms with E-state index in [-0.39, 0.29) is 0 Å². The normalized spacial score (nSPS) is 17.2. The van der Waals surface area contributed by atoms with Crippen LogP contribution in [0.15, 0.2) is 0 Å². The topological polar surface area (TPSA) is 151 Å². The van der Waals surface area contributed by atoms with Crippen LogP contribution in [0.5, 0.6) is 0 Å². The molecule has 0 fully saturated rings. The van der Waals surface area contributed by atoms with Gasteiger partial charge in [-0.25, -0.2) is 14.4 Å². The first-order valence-corrected chi connectivity index (χ1v) is 8.15.